The number of ether oxygens (including phenoxy) is 1. The van der Waals surface area contributed by atoms with E-state index in [0.717, 1.165) is 5.69 Å². The Kier molecular flexibility index (Phi) is 5.52. The van der Waals surface area contributed by atoms with Gasteiger partial charge in [0, 0.05) is 56.9 Å². The quantitative estimate of drug-likeness (QED) is 0.699. The molecule has 0 N–H and O–H groups in total. The maximum absolute atomic E-state index is 13.0. The topological polar surface area (TPSA) is 87.2 Å². The number of hydrogen-bond donors (Lipinski definition) is 0. The Labute approximate surface area is 171 Å². The van der Waals surface area contributed by atoms with E-state index in [1.807, 2.05) is 23.1 Å². The number of anilines is 1. The van der Waals surface area contributed by atoms with Crippen LogP contribution in [0.2, 0.25) is 0 Å². The molecule has 4 rings (SSSR count). The van der Waals surface area contributed by atoms with Gasteiger partial charge >= 0.3 is 0 Å². The normalized spacial score (nSPS) is 27.4. The van der Waals surface area contributed by atoms with Gasteiger partial charge in [-0.05, 0) is 18.6 Å². The average Bonchev–Trinajstić information content (AvgIpc) is 3.29. The minimum atomic E-state index is -2.91. The standard InChI is InChI=1S/C20H27N3O5S/c1-28-18-4-2-3-16(12-18)23-13-15(11-19(23)24)20(25)22-8-6-21(7-9-22)17-5-10-29(26,27)14-17/h2-4,12,15,17H,5-11,13-14H2,1H3. The molecule has 158 valence electrons. The van der Waals surface area contributed by atoms with Crippen molar-refractivity contribution in [3.8, 4) is 5.75 Å². The minimum Gasteiger partial charge on any atom is -0.497 e. The zero-order valence-corrected chi connectivity index (χ0v) is 17.4. The Balaban J connectivity index is 1.34. The van der Waals surface area contributed by atoms with E-state index in [9.17, 15) is 18.0 Å². The van der Waals surface area contributed by atoms with E-state index in [4.69, 9.17) is 4.74 Å². The first-order valence-corrected chi connectivity index (χ1v) is 11.9. The van der Waals surface area contributed by atoms with Gasteiger partial charge in [-0.3, -0.25) is 14.5 Å². The van der Waals surface area contributed by atoms with Crippen molar-refractivity contribution in [3.05, 3.63) is 24.3 Å². The highest BCUT2D eigenvalue weighted by molar-refractivity contribution is 7.91. The molecule has 2 amide bonds. The second kappa shape index (κ2) is 7.95. The monoisotopic (exact) mass is 421 g/mol. The van der Waals surface area contributed by atoms with Gasteiger partial charge in [0.25, 0.3) is 0 Å². The molecule has 3 saturated heterocycles. The molecule has 2 atom stereocenters. The molecule has 3 fully saturated rings. The molecule has 0 radical (unpaired) electrons. The first-order chi connectivity index (χ1) is 13.9. The van der Waals surface area contributed by atoms with Gasteiger partial charge in [-0.2, -0.15) is 0 Å². The molecule has 0 aliphatic carbocycles. The van der Waals surface area contributed by atoms with Gasteiger partial charge in [0.15, 0.2) is 9.84 Å². The summed E-state index contributed by atoms with van der Waals surface area (Å²) in [4.78, 5) is 31.2. The van der Waals surface area contributed by atoms with Gasteiger partial charge in [0.2, 0.25) is 11.8 Å². The molecule has 3 aliphatic heterocycles. The molecule has 29 heavy (non-hydrogen) atoms. The van der Waals surface area contributed by atoms with E-state index in [0.29, 0.717) is 44.9 Å². The smallest absolute Gasteiger partial charge is 0.228 e. The van der Waals surface area contributed by atoms with Crippen LogP contribution in [0.1, 0.15) is 12.8 Å². The summed E-state index contributed by atoms with van der Waals surface area (Å²) in [6, 6.07) is 7.38. The van der Waals surface area contributed by atoms with Crippen molar-refractivity contribution in [2.45, 2.75) is 18.9 Å². The maximum atomic E-state index is 13.0. The van der Waals surface area contributed by atoms with E-state index in [-0.39, 0.29) is 41.7 Å². The largest absolute Gasteiger partial charge is 0.497 e. The number of amides is 2. The van der Waals surface area contributed by atoms with Crippen LogP contribution in [-0.2, 0) is 19.4 Å². The number of rotatable bonds is 4. The van der Waals surface area contributed by atoms with Gasteiger partial charge in [0.1, 0.15) is 5.75 Å². The van der Waals surface area contributed by atoms with Crippen molar-refractivity contribution < 1.29 is 22.7 Å². The summed E-state index contributed by atoms with van der Waals surface area (Å²) in [5, 5.41) is 0. The van der Waals surface area contributed by atoms with Gasteiger partial charge in [-0.15, -0.1) is 0 Å². The maximum Gasteiger partial charge on any atom is 0.228 e. The van der Waals surface area contributed by atoms with Gasteiger partial charge in [-0.1, -0.05) is 6.07 Å². The molecule has 3 heterocycles. The van der Waals surface area contributed by atoms with Crippen LogP contribution >= 0.6 is 0 Å². The third kappa shape index (κ3) is 4.25. The highest BCUT2D eigenvalue weighted by Crippen LogP contribution is 2.29. The van der Waals surface area contributed by atoms with Crippen molar-refractivity contribution in [2.24, 2.45) is 5.92 Å². The Bertz CT molecular complexity index is 895. The molecular formula is C20H27N3O5S. The van der Waals surface area contributed by atoms with Crippen molar-refractivity contribution >= 4 is 27.3 Å². The van der Waals surface area contributed by atoms with Crippen molar-refractivity contribution in [2.75, 3.05) is 56.2 Å². The Hall–Kier alpha value is -2.13. The fraction of sp³-hybridized carbons (Fsp3) is 0.600. The summed E-state index contributed by atoms with van der Waals surface area (Å²) in [6.45, 7) is 2.92. The molecule has 8 nitrogen and oxygen atoms in total. The van der Waals surface area contributed by atoms with E-state index in [1.54, 1.807) is 18.1 Å². The zero-order chi connectivity index (χ0) is 20.6. The fourth-order valence-corrected chi connectivity index (χ4v) is 6.29. The summed E-state index contributed by atoms with van der Waals surface area (Å²) < 4.78 is 28.7. The summed E-state index contributed by atoms with van der Waals surface area (Å²) in [5.41, 5.74) is 0.747. The SMILES string of the molecule is COc1cccc(N2CC(C(=O)N3CCN(C4CCS(=O)(=O)C4)CC3)CC2=O)c1. The van der Waals surface area contributed by atoms with Crippen LogP contribution in [0, 0.1) is 5.92 Å². The van der Waals surface area contributed by atoms with Gasteiger partial charge in [0.05, 0.1) is 24.5 Å². The van der Waals surface area contributed by atoms with Gasteiger partial charge < -0.3 is 14.5 Å². The molecule has 2 unspecified atom stereocenters. The number of carbonyl (C=O) groups is 2. The molecule has 9 heteroatoms. The van der Waals surface area contributed by atoms with Crippen molar-refractivity contribution in [3.63, 3.8) is 0 Å². The number of carbonyl (C=O) groups excluding carboxylic acids is 2. The first-order valence-electron chi connectivity index (χ1n) is 10.0. The molecule has 1 aromatic carbocycles. The Morgan fingerprint density at radius 3 is 2.59 bits per heavy atom. The number of benzene rings is 1. The summed E-state index contributed by atoms with van der Waals surface area (Å²) in [5.74, 6) is 0.797. The summed E-state index contributed by atoms with van der Waals surface area (Å²) in [7, 11) is -1.32. The lowest BCUT2D eigenvalue weighted by molar-refractivity contribution is -0.137. The fourth-order valence-electron chi connectivity index (χ4n) is 4.53. The highest BCUT2D eigenvalue weighted by atomic mass is 32.2. The number of methoxy groups -OCH3 is 1. The molecule has 0 aromatic heterocycles. The molecule has 3 aliphatic rings. The number of hydrogen-bond acceptors (Lipinski definition) is 6. The number of sulfone groups is 1. The summed E-state index contributed by atoms with van der Waals surface area (Å²) in [6.07, 6.45) is 0.903. The Morgan fingerprint density at radius 2 is 1.93 bits per heavy atom. The van der Waals surface area contributed by atoms with E-state index in [1.165, 1.54) is 0 Å². The van der Waals surface area contributed by atoms with Crippen molar-refractivity contribution in [1.82, 2.24) is 9.80 Å². The molecule has 0 bridgehead atoms. The molecule has 0 saturated carbocycles. The molecule has 0 spiro atoms. The third-order valence-electron chi connectivity index (χ3n) is 6.19. The van der Waals surface area contributed by atoms with Crippen LogP contribution in [0.5, 0.6) is 5.75 Å². The van der Waals surface area contributed by atoms with Crippen LogP contribution in [0.15, 0.2) is 24.3 Å². The highest BCUT2D eigenvalue weighted by Gasteiger charge is 2.39. The summed E-state index contributed by atoms with van der Waals surface area (Å²) >= 11 is 0. The number of piperazine rings is 1. The van der Waals surface area contributed by atoms with Crippen LogP contribution in [-0.4, -0.2) is 87.4 Å². The Morgan fingerprint density at radius 1 is 1.17 bits per heavy atom. The predicted molar refractivity (Wildman–Crippen MR) is 109 cm³/mol. The van der Waals surface area contributed by atoms with E-state index < -0.39 is 9.84 Å². The van der Waals surface area contributed by atoms with E-state index in [2.05, 4.69) is 4.90 Å². The van der Waals surface area contributed by atoms with Crippen LogP contribution in [0.3, 0.4) is 0 Å². The van der Waals surface area contributed by atoms with Crippen LogP contribution < -0.4 is 9.64 Å². The second-order valence-electron chi connectivity index (χ2n) is 8.02. The minimum absolute atomic E-state index is 0.0161. The molecule has 1 aromatic rings. The van der Waals surface area contributed by atoms with E-state index >= 15 is 0 Å². The van der Waals surface area contributed by atoms with Gasteiger partial charge in [-0.25, -0.2) is 8.42 Å². The average molecular weight is 422 g/mol. The predicted octanol–water partition coefficient (Wildman–Crippen LogP) is 0.379. The zero-order valence-electron chi connectivity index (χ0n) is 16.6. The lowest BCUT2D eigenvalue weighted by atomic mass is 10.1. The second-order valence-corrected chi connectivity index (χ2v) is 10.3. The van der Waals surface area contributed by atoms with Crippen LogP contribution in [0.25, 0.3) is 0 Å². The number of nitrogens with zero attached hydrogens (tertiary/aromatic N) is 3. The molecular weight excluding hydrogens is 394 g/mol. The van der Waals surface area contributed by atoms with Crippen LogP contribution in [0.4, 0.5) is 5.69 Å². The first kappa shape index (κ1) is 20.2. The van der Waals surface area contributed by atoms with Crippen molar-refractivity contribution in [1.29, 1.82) is 0 Å². The lowest BCUT2D eigenvalue weighted by Gasteiger charge is -2.38. The third-order valence-corrected chi connectivity index (χ3v) is 7.94. The lowest BCUT2D eigenvalue weighted by Crippen LogP contribution is -2.53.